The van der Waals surface area contributed by atoms with Crippen LogP contribution in [0.25, 0.3) is 0 Å². The lowest BCUT2D eigenvalue weighted by molar-refractivity contribution is -0.870. The smallest absolute Gasteiger partial charge is 0.306 e. The highest BCUT2D eigenvalue weighted by Crippen LogP contribution is 2.38. The summed E-state index contributed by atoms with van der Waals surface area (Å²) in [4.78, 5) is 37.3. The number of quaternary nitrogens is 1. The molecule has 0 radical (unpaired) electrons. The number of allylic oxidation sites excluding steroid dienone is 9. The van der Waals surface area contributed by atoms with Crippen LogP contribution in [0.3, 0.4) is 0 Å². The second-order valence-electron chi connectivity index (χ2n) is 14.5. The third-order valence-electron chi connectivity index (χ3n) is 8.08. The lowest BCUT2D eigenvalue weighted by atomic mass is 10.1. The summed E-state index contributed by atoms with van der Waals surface area (Å²) < 4.78 is 33.7. The molecular weight excluding hydrogens is 693 g/mol. The molecule has 0 spiro atoms. The zero-order valence-corrected chi connectivity index (χ0v) is 34.7. The number of esters is 2. The number of nitrogens with zero attached hydrogens (tertiary/aromatic N) is 1. The van der Waals surface area contributed by atoms with Crippen molar-refractivity contribution in [3.05, 3.63) is 60.8 Å². The summed E-state index contributed by atoms with van der Waals surface area (Å²) in [6, 6.07) is 0. The number of phosphoric ester groups is 1. The standard InChI is InChI=1S/C42H74NO9P/c1-6-8-10-11-12-13-16-21-24-27-30-34-42(46)52-40(38-51-53(47,48)50-36-35-43(3,4)5)37-49-41(45)33-29-26-23-20-18-15-14-17-19-22-25-28-32-39(44)31-9-7-2/h11-12,14-15,19-20,22-23,28,32,39-40,44H,6-10,13,16-18,21,24-27,29-31,33-38H2,1-5H3/b12-11-,15-14-,22-19-,23-20-,32-28-/t39-,40+/m0/s1. The third-order valence-corrected chi connectivity index (χ3v) is 9.05. The molecule has 0 heterocycles. The fraction of sp³-hybridized carbons (Fsp3) is 0.714. The van der Waals surface area contributed by atoms with Gasteiger partial charge in [0.15, 0.2) is 6.10 Å². The molecule has 0 bridgehead atoms. The van der Waals surface area contributed by atoms with Gasteiger partial charge in [0.2, 0.25) is 0 Å². The number of hydrogen-bond acceptors (Lipinski definition) is 9. The van der Waals surface area contributed by atoms with Crippen LogP contribution in [-0.2, 0) is 32.7 Å². The van der Waals surface area contributed by atoms with E-state index in [1.165, 1.54) is 12.8 Å². The first kappa shape index (κ1) is 50.7. The maximum absolute atomic E-state index is 12.6. The Morgan fingerprint density at radius 3 is 1.89 bits per heavy atom. The van der Waals surface area contributed by atoms with E-state index < -0.39 is 32.5 Å². The minimum absolute atomic E-state index is 0.0503. The largest absolute Gasteiger partial charge is 0.756 e. The number of phosphoric acid groups is 1. The summed E-state index contributed by atoms with van der Waals surface area (Å²) in [7, 11) is 1.10. The number of carbonyl (C=O) groups excluding carboxylic acids is 2. The Kier molecular flexibility index (Phi) is 32.7. The van der Waals surface area contributed by atoms with Gasteiger partial charge in [-0.05, 0) is 64.2 Å². The van der Waals surface area contributed by atoms with E-state index in [1.807, 2.05) is 39.4 Å². The van der Waals surface area contributed by atoms with Gasteiger partial charge in [-0.15, -0.1) is 0 Å². The highest BCUT2D eigenvalue weighted by molar-refractivity contribution is 7.45. The molecule has 0 aliphatic rings. The normalized spacial score (nSPS) is 14.9. The fourth-order valence-electron chi connectivity index (χ4n) is 4.82. The van der Waals surface area contributed by atoms with Crippen molar-refractivity contribution in [3.63, 3.8) is 0 Å². The van der Waals surface area contributed by atoms with Crippen molar-refractivity contribution in [1.82, 2.24) is 0 Å². The molecule has 1 N–H and O–H groups in total. The molecule has 1 unspecified atom stereocenters. The number of unbranched alkanes of at least 4 members (excludes halogenated alkanes) is 9. The lowest BCUT2D eigenvalue weighted by Gasteiger charge is -2.28. The number of carbonyl (C=O) groups is 2. The quantitative estimate of drug-likeness (QED) is 0.0220. The van der Waals surface area contributed by atoms with Gasteiger partial charge in [-0.1, -0.05) is 120 Å². The SMILES string of the molecule is CCCC/C=C\CCCCCCCC(=O)O[C@H](COC(=O)CCC/C=C\C/C=C\C/C=C\C/C=C\[C@@H](O)CCCC)COP(=O)([O-])OCC[N+](C)(C)C. The van der Waals surface area contributed by atoms with Crippen LogP contribution in [0.1, 0.15) is 136 Å². The van der Waals surface area contributed by atoms with Gasteiger partial charge in [-0.3, -0.25) is 14.2 Å². The van der Waals surface area contributed by atoms with E-state index in [2.05, 4.69) is 56.4 Å². The molecule has 0 rings (SSSR count). The van der Waals surface area contributed by atoms with Crippen LogP contribution in [0, 0.1) is 0 Å². The second-order valence-corrected chi connectivity index (χ2v) is 15.9. The predicted molar refractivity (Wildman–Crippen MR) is 214 cm³/mol. The number of aliphatic hydroxyl groups excluding tert-OH is 1. The average molecular weight is 768 g/mol. The van der Waals surface area contributed by atoms with Crippen molar-refractivity contribution in [1.29, 1.82) is 0 Å². The van der Waals surface area contributed by atoms with Gasteiger partial charge >= 0.3 is 11.9 Å². The first-order chi connectivity index (χ1) is 25.4. The van der Waals surface area contributed by atoms with Crippen molar-refractivity contribution < 1.29 is 47.2 Å². The third kappa shape index (κ3) is 37.8. The molecule has 0 saturated carbocycles. The van der Waals surface area contributed by atoms with Crippen LogP contribution in [0.4, 0.5) is 0 Å². The van der Waals surface area contributed by atoms with Gasteiger partial charge in [0.25, 0.3) is 7.82 Å². The van der Waals surface area contributed by atoms with Crippen molar-refractivity contribution in [2.75, 3.05) is 47.5 Å². The van der Waals surface area contributed by atoms with Gasteiger partial charge in [-0.25, -0.2) is 0 Å². The van der Waals surface area contributed by atoms with Gasteiger partial charge in [-0.2, -0.15) is 0 Å². The van der Waals surface area contributed by atoms with E-state index in [9.17, 15) is 24.2 Å². The van der Waals surface area contributed by atoms with E-state index in [-0.39, 0.29) is 32.2 Å². The number of hydrogen-bond donors (Lipinski definition) is 1. The topological polar surface area (TPSA) is 131 Å². The number of likely N-dealkylation sites (N-methyl/N-ethyl adjacent to an activating group) is 1. The monoisotopic (exact) mass is 768 g/mol. The maximum Gasteiger partial charge on any atom is 0.306 e. The lowest BCUT2D eigenvalue weighted by Crippen LogP contribution is -2.37. The molecule has 3 atom stereocenters. The van der Waals surface area contributed by atoms with Crippen LogP contribution < -0.4 is 4.89 Å². The van der Waals surface area contributed by atoms with Gasteiger partial charge in [0.1, 0.15) is 19.8 Å². The molecule has 53 heavy (non-hydrogen) atoms. The molecule has 0 aromatic rings. The van der Waals surface area contributed by atoms with Gasteiger partial charge in [0.05, 0.1) is 33.9 Å². The zero-order valence-electron chi connectivity index (χ0n) is 33.8. The Hall–Kier alpha value is -2.33. The van der Waals surface area contributed by atoms with Crippen molar-refractivity contribution in [3.8, 4) is 0 Å². The van der Waals surface area contributed by atoms with Crippen LogP contribution in [0.15, 0.2) is 60.8 Å². The Morgan fingerprint density at radius 1 is 0.679 bits per heavy atom. The molecular formula is C42H74NO9P. The van der Waals surface area contributed by atoms with Crippen LogP contribution in [0.2, 0.25) is 0 Å². The second kappa shape index (κ2) is 34.2. The molecule has 11 heteroatoms. The van der Waals surface area contributed by atoms with E-state index >= 15 is 0 Å². The first-order valence-electron chi connectivity index (χ1n) is 20.1. The van der Waals surface area contributed by atoms with Crippen molar-refractivity contribution in [2.24, 2.45) is 0 Å². The Balaban J connectivity index is 4.54. The number of ether oxygens (including phenoxy) is 2. The molecule has 306 valence electrons. The summed E-state index contributed by atoms with van der Waals surface area (Å²) in [6.45, 7) is 3.91. The van der Waals surface area contributed by atoms with E-state index in [0.717, 1.165) is 77.0 Å². The number of aliphatic hydroxyl groups is 1. The van der Waals surface area contributed by atoms with Gasteiger partial charge in [0, 0.05) is 12.8 Å². The average Bonchev–Trinajstić information content (AvgIpc) is 3.10. The minimum Gasteiger partial charge on any atom is -0.756 e. The zero-order chi connectivity index (χ0) is 39.5. The molecule has 0 fully saturated rings. The first-order valence-corrected chi connectivity index (χ1v) is 21.5. The highest BCUT2D eigenvalue weighted by atomic mass is 31.2. The van der Waals surface area contributed by atoms with E-state index in [4.69, 9.17) is 18.5 Å². The van der Waals surface area contributed by atoms with E-state index in [0.29, 0.717) is 30.3 Å². The summed E-state index contributed by atoms with van der Waals surface area (Å²) in [6.07, 6.45) is 35.9. The van der Waals surface area contributed by atoms with Crippen LogP contribution >= 0.6 is 7.82 Å². The predicted octanol–water partition coefficient (Wildman–Crippen LogP) is 9.24. The fourth-order valence-corrected chi connectivity index (χ4v) is 5.55. The van der Waals surface area contributed by atoms with Crippen molar-refractivity contribution in [2.45, 2.75) is 148 Å². The Labute approximate surface area is 322 Å². The molecule has 0 aromatic carbocycles. The molecule has 10 nitrogen and oxygen atoms in total. The van der Waals surface area contributed by atoms with Gasteiger partial charge < -0.3 is 33.0 Å². The summed E-state index contributed by atoms with van der Waals surface area (Å²) in [5, 5.41) is 9.80. The summed E-state index contributed by atoms with van der Waals surface area (Å²) in [5.41, 5.74) is 0. The molecule has 0 amide bonds. The molecule has 0 aliphatic carbocycles. The van der Waals surface area contributed by atoms with Crippen molar-refractivity contribution >= 4 is 19.8 Å². The van der Waals surface area contributed by atoms with Crippen LogP contribution in [0.5, 0.6) is 0 Å². The van der Waals surface area contributed by atoms with Crippen LogP contribution in [-0.4, -0.2) is 81.2 Å². The van der Waals surface area contributed by atoms with E-state index in [1.54, 1.807) is 0 Å². The molecule has 0 aliphatic heterocycles. The Morgan fingerprint density at radius 2 is 1.23 bits per heavy atom. The summed E-state index contributed by atoms with van der Waals surface area (Å²) in [5.74, 6) is -0.942. The molecule has 0 aromatic heterocycles. The maximum atomic E-state index is 12.6. The molecule has 0 saturated heterocycles. The number of rotatable bonds is 35. The Bertz CT molecular complexity index is 1110. The summed E-state index contributed by atoms with van der Waals surface area (Å²) >= 11 is 0. The highest BCUT2D eigenvalue weighted by Gasteiger charge is 2.21. The minimum atomic E-state index is -4.64.